The fourth-order valence-corrected chi connectivity index (χ4v) is 2.60. The minimum Gasteiger partial charge on any atom is -0.371 e. The maximum absolute atomic E-state index is 13.5. The Bertz CT molecular complexity index is 365. The fraction of sp³-hybridized carbons (Fsp3) is 0.500. The van der Waals surface area contributed by atoms with Crippen molar-refractivity contribution in [3.63, 3.8) is 0 Å². The molecule has 1 aliphatic rings. The van der Waals surface area contributed by atoms with Crippen LogP contribution in [0.15, 0.2) is 17.0 Å². The average Bonchev–Trinajstić information content (AvgIpc) is 2.60. The van der Waals surface area contributed by atoms with Gasteiger partial charge >= 0.3 is 0 Å². The molecule has 0 atom stereocenters. The summed E-state index contributed by atoms with van der Waals surface area (Å²) in [6.07, 6.45) is 4.05. The van der Waals surface area contributed by atoms with Crippen LogP contribution >= 0.6 is 11.8 Å². The van der Waals surface area contributed by atoms with E-state index in [4.69, 9.17) is 0 Å². The molecule has 0 unspecified atom stereocenters. The molecule has 1 heterocycles. The Morgan fingerprint density at radius 2 is 2.27 bits per heavy atom. The number of fused-ring (bicyclic) bond motifs is 1. The Kier molecular flexibility index (Phi) is 3.19. The summed E-state index contributed by atoms with van der Waals surface area (Å²) in [6, 6.07) is 3.70. The Hall–Kier alpha value is -0.700. The van der Waals surface area contributed by atoms with E-state index in [-0.39, 0.29) is 5.82 Å². The minimum atomic E-state index is -0.0698. The highest BCUT2D eigenvalue weighted by molar-refractivity contribution is 7.98. The van der Waals surface area contributed by atoms with Gasteiger partial charge in [0.1, 0.15) is 5.82 Å². The first-order chi connectivity index (χ1) is 7.26. The predicted octanol–water partition coefficient (Wildman–Crippen LogP) is 3.32. The van der Waals surface area contributed by atoms with Gasteiger partial charge in [-0.2, -0.15) is 0 Å². The van der Waals surface area contributed by atoms with Gasteiger partial charge in [0.2, 0.25) is 0 Å². The van der Waals surface area contributed by atoms with Crippen molar-refractivity contribution in [3.05, 3.63) is 23.5 Å². The average molecular weight is 225 g/mol. The number of hydrogen-bond donors (Lipinski definition) is 0. The second-order valence-electron chi connectivity index (χ2n) is 3.85. The van der Waals surface area contributed by atoms with Crippen molar-refractivity contribution >= 4 is 17.4 Å². The molecule has 15 heavy (non-hydrogen) atoms. The molecule has 0 aromatic heterocycles. The molecule has 3 heteroatoms. The van der Waals surface area contributed by atoms with Crippen LogP contribution in [0.2, 0.25) is 0 Å². The molecular formula is C12H16FNS. The van der Waals surface area contributed by atoms with E-state index < -0.39 is 0 Å². The molecule has 1 nitrogen and oxygen atoms in total. The van der Waals surface area contributed by atoms with Crippen LogP contribution in [0.1, 0.15) is 18.9 Å². The molecule has 0 spiro atoms. The third-order valence-electron chi connectivity index (χ3n) is 2.84. The molecule has 0 saturated carbocycles. The first kappa shape index (κ1) is 10.8. The summed E-state index contributed by atoms with van der Waals surface area (Å²) in [7, 11) is 0. The second-order valence-corrected chi connectivity index (χ2v) is 4.70. The summed E-state index contributed by atoms with van der Waals surface area (Å²) in [6.45, 7) is 4.30. The predicted molar refractivity (Wildman–Crippen MR) is 64.4 cm³/mol. The third kappa shape index (κ3) is 1.98. The number of halogens is 1. The summed E-state index contributed by atoms with van der Waals surface area (Å²) < 4.78 is 13.5. The molecule has 0 saturated heterocycles. The molecule has 1 aliphatic heterocycles. The molecule has 0 aliphatic carbocycles. The lowest BCUT2D eigenvalue weighted by molar-refractivity contribution is 0.601. The van der Waals surface area contributed by atoms with Crippen LogP contribution in [0.25, 0.3) is 0 Å². The fourth-order valence-electron chi connectivity index (χ4n) is 2.11. The summed E-state index contributed by atoms with van der Waals surface area (Å²) in [5.41, 5.74) is 2.40. The topological polar surface area (TPSA) is 3.24 Å². The third-order valence-corrected chi connectivity index (χ3v) is 3.59. The van der Waals surface area contributed by atoms with Crippen molar-refractivity contribution < 1.29 is 4.39 Å². The zero-order chi connectivity index (χ0) is 10.8. The van der Waals surface area contributed by atoms with Crippen LogP contribution in [0.3, 0.4) is 0 Å². The van der Waals surface area contributed by atoms with Crippen molar-refractivity contribution in [3.8, 4) is 0 Å². The van der Waals surface area contributed by atoms with Crippen LogP contribution in [0.5, 0.6) is 0 Å². The first-order valence-corrected chi connectivity index (χ1v) is 6.60. The molecular weight excluding hydrogens is 209 g/mol. The molecule has 0 N–H and O–H groups in total. The molecule has 0 fully saturated rings. The zero-order valence-electron chi connectivity index (χ0n) is 9.22. The van der Waals surface area contributed by atoms with Gasteiger partial charge in [-0.25, -0.2) is 4.39 Å². The van der Waals surface area contributed by atoms with E-state index in [1.54, 1.807) is 6.07 Å². The van der Waals surface area contributed by atoms with E-state index in [0.717, 1.165) is 30.8 Å². The van der Waals surface area contributed by atoms with Crippen molar-refractivity contribution in [1.82, 2.24) is 0 Å². The van der Waals surface area contributed by atoms with E-state index in [1.807, 2.05) is 12.3 Å². The largest absolute Gasteiger partial charge is 0.371 e. The van der Waals surface area contributed by atoms with Gasteiger partial charge in [-0.05, 0) is 36.8 Å². The van der Waals surface area contributed by atoms with E-state index in [1.165, 1.54) is 23.0 Å². The Morgan fingerprint density at radius 1 is 1.47 bits per heavy atom. The Labute approximate surface area is 94.7 Å². The van der Waals surface area contributed by atoms with Crippen LogP contribution in [-0.4, -0.2) is 19.3 Å². The number of anilines is 1. The highest BCUT2D eigenvalue weighted by Gasteiger charge is 2.20. The normalized spacial score (nSPS) is 14.5. The lowest BCUT2D eigenvalue weighted by Gasteiger charge is -2.18. The highest BCUT2D eigenvalue weighted by atomic mass is 32.2. The smallest absolute Gasteiger partial charge is 0.137 e. The van der Waals surface area contributed by atoms with Crippen molar-refractivity contribution in [2.75, 3.05) is 24.2 Å². The van der Waals surface area contributed by atoms with Crippen molar-refractivity contribution in [2.24, 2.45) is 0 Å². The number of nitrogens with zero attached hydrogens (tertiary/aromatic N) is 1. The monoisotopic (exact) mass is 225 g/mol. The van der Waals surface area contributed by atoms with Crippen LogP contribution in [-0.2, 0) is 6.42 Å². The highest BCUT2D eigenvalue weighted by Crippen LogP contribution is 2.33. The lowest BCUT2D eigenvalue weighted by Crippen LogP contribution is -2.20. The lowest BCUT2D eigenvalue weighted by atomic mass is 10.1. The Balaban J connectivity index is 2.35. The van der Waals surface area contributed by atoms with Crippen molar-refractivity contribution in [2.45, 2.75) is 24.7 Å². The van der Waals surface area contributed by atoms with E-state index >= 15 is 0 Å². The maximum atomic E-state index is 13.5. The molecule has 0 bridgehead atoms. The van der Waals surface area contributed by atoms with Crippen LogP contribution in [0.4, 0.5) is 10.1 Å². The molecule has 0 radical (unpaired) electrons. The molecule has 1 aromatic carbocycles. The standard InChI is InChI=1S/C12H16FNS/c1-3-5-14-6-4-9-7-10(13)12(15-2)8-11(9)14/h7-8H,3-6H2,1-2H3. The van der Waals surface area contributed by atoms with E-state index in [0.29, 0.717) is 0 Å². The zero-order valence-corrected chi connectivity index (χ0v) is 10.0. The number of hydrogen-bond acceptors (Lipinski definition) is 2. The summed E-state index contributed by atoms with van der Waals surface area (Å²) in [4.78, 5) is 3.12. The maximum Gasteiger partial charge on any atom is 0.137 e. The molecule has 82 valence electrons. The van der Waals surface area contributed by atoms with Gasteiger partial charge in [0.05, 0.1) is 0 Å². The summed E-state index contributed by atoms with van der Waals surface area (Å²) in [5, 5.41) is 0. The number of benzene rings is 1. The van der Waals surface area contributed by atoms with Gasteiger partial charge in [0.25, 0.3) is 0 Å². The van der Waals surface area contributed by atoms with Gasteiger partial charge in [-0.3, -0.25) is 0 Å². The van der Waals surface area contributed by atoms with Gasteiger partial charge in [-0.1, -0.05) is 6.92 Å². The van der Waals surface area contributed by atoms with E-state index in [2.05, 4.69) is 11.8 Å². The molecule has 2 rings (SSSR count). The number of rotatable bonds is 3. The molecule has 1 aromatic rings. The van der Waals surface area contributed by atoms with Crippen LogP contribution in [0, 0.1) is 5.82 Å². The molecule has 0 amide bonds. The van der Waals surface area contributed by atoms with Gasteiger partial charge in [-0.15, -0.1) is 11.8 Å². The van der Waals surface area contributed by atoms with Gasteiger partial charge in [0, 0.05) is 23.7 Å². The quantitative estimate of drug-likeness (QED) is 0.726. The van der Waals surface area contributed by atoms with Gasteiger partial charge in [0.15, 0.2) is 0 Å². The van der Waals surface area contributed by atoms with Crippen molar-refractivity contribution in [1.29, 1.82) is 0 Å². The minimum absolute atomic E-state index is 0.0698. The van der Waals surface area contributed by atoms with Crippen LogP contribution < -0.4 is 4.90 Å². The summed E-state index contributed by atoms with van der Waals surface area (Å²) in [5.74, 6) is -0.0698. The first-order valence-electron chi connectivity index (χ1n) is 5.37. The van der Waals surface area contributed by atoms with Gasteiger partial charge < -0.3 is 4.90 Å². The second kappa shape index (κ2) is 4.44. The Morgan fingerprint density at radius 3 is 2.93 bits per heavy atom. The summed E-state index contributed by atoms with van der Waals surface area (Å²) >= 11 is 1.48. The van der Waals surface area contributed by atoms with E-state index in [9.17, 15) is 4.39 Å². The number of thioether (sulfide) groups is 1. The SMILES string of the molecule is CCCN1CCc2cc(F)c(SC)cc21.